The predicted octanol–water partition coefficient (Wildman–Crippen LogP) is 2.25. The topological polar surface area (TPSA) is 66.4 Å². The third-order valence-electron chi connectivity index (χ3n) is 2.66. The molecule has 0 fully saturated rings. The van der Waals surface area contributed by atoms with Gasteiger partial charge in [0.05, 0.1) is 11.7 Å². The lowest BCUT2D eigenvalue weighted by atomic mass is 9.99. The molecule has 20 heavy (non-hydrogen) atoms. The van der Waals surface area contributed by atoms with Gasteiger partial charge in [-0.25, -0.2) is 4.39 Å². The number of halogens is 1. The zero-order valence-corrected chi connectivity index (χ0v) is 12.1. The number of benzene rings is 1. The van der Waals surface area contributed by atoms with Gasteiger partial charge in [0.1, 0.15) is 5.82 Å². The molecule has 0 aromatic heterocycles. The molecule has 0 bridgehead atoms. The maximum atomic E-state index is 12.8. The summed E-state index contributed by atoms with van der Waals surface area (Å²) in [5.74, 6) is -1.29. The Kier molecular flexibility index (Phi) is 7.08. The van der Waals surface area contributed by atoms with Crippen LogP contribution in [0.3, 0.4) is 0 Å². The largest absolute Gasteiger partial charge is 0.481 e. The van der Waals surface area contributed by atoms with E-state index in [2.05, 4.69) is 5.32 Å². The first-order valence-corrected chi connectivity index (χ1v) is 7.52. The highest BCUT2D eigenvalue weighted by Gasteiger charge is 2.20. The minimum Gasteiger partial charge on any atom is -0.481 e. The molecular formula is C14H18FNO3S. The maximum Gasteiger partial charge on any atom is 0.312 e. The van der Waals surface area contributed by atoms with Crippen molar-refractivity contribution in [2.75, 3.05) is 18.1 Å². The molecular weight excluding hydrogens is 281 g/mol. The maximum absolute atomic E-state index is 12.8. The van der Waals surface area contributed by atoms with Crippen molar-refractivity contribution in [1.82, 2.24) is 5.32 Å². The van der Waals surface area contributed by atoms with E-state index in [0.29, 0.717) is 11.3 Å². The molecule has 0 heterocycles. The summed E-state index contributed by atoms with van der Waals surface area (Å²) in [7, 11) is 0. The smallest absolute Gasteiger partial charge is 0.312 e. The zero-order valence-electron chi connectivity index (χ0n) is 11.3. The molecule has 1 unspecified atom stereocenters. The fourth-order valence-corrected chi connectivity index (χ4v) is 2.34. The van der Waals surface area contributed by atoms with Crippen molar-refractivity contribution in [2.45, 2.75) is 19.3 Å². The minimum absolute atomic E-state index is 0.00643. The van der Waals surface area contributed by atoms with E-state index in [1.807, 2.05) is 6.92 Å². The number of carboxylic acid groups (broad SMARTS) is 1. The van der Waals surface area contributed by atoms with Gasteiger partial charge < -0.3 is 10.4 Å². The van der Waals surface area contributed by atoms with Crippen LogP contribution in [0.5, 0.6) is 0 Å². The van der Waals surface area contributed by atoms with Gasteiger partial charge in [-0.05, 0) is 29.9 Å². The number of hydrogen-bond donors (Lipinski definition) is 2. The number of carboxylic acids is 1. The second-order valence-electron chi connectivity index (χ2n) is 4.30. The van der Waals surface area contributed by atoms with Crippen molar-refractivity contribution in [3.05, 3.63) is 35.6 Å². The monoisotopic (exact) mass is 299 g/mol. The summed E-state index contributed by atoms with van der Waals surface area (Å²) in [5, 5.41) is 11.8. The molecule has 0 aliphatic heterocycles. The average molecular weight is 299 g/mol. The van der Waals surface area contributed by atoms with E-state index >= 15 is 0 Å². The number of carbonyl (C=O) groups excluding carboxylic acids is 1. The first-order valence-electron chi connectivity index (χ1n) is 6.37. The third-order valence-corrected chi connectivity index (χ3v) is 3.82. The fraction of sp³-hybridized carbons (Fsp3) is 0.429. The Bertz CT molecular complexity index is 450. The predicted molar refractivity (Wildman–Crippen MR) is 77.4 cm³/mol. The second-order valence-corrected chi connectivity index (χ2v) is 5.40. The molecule has 1 aromatic rings. The van der Waals surface area contributed by atoms with E-state index in [1.54, 1.807) is 0 Å². The van der Waals surface area contributed by atoms with Crippen molar-refractivity contribution < 1.29 is 19.1 Å². The number of hydrogen-bond acceptors (Lipinski definition) is 3. The highest BCUT2D eigenvalue weighted by Crippen LogP contribution is 2.16. The van der Waals surface area contributed by atoms with Gasteiger partial charge in [0.2, 0.25) is 5.91 Å². The molecule has 0 spiro atoms. The van der Waals surface area contributed by atoms with Crippen LogP contribution >= 0.6 is 11.8 Å². The van der Waals surface area contributed by atoms with Crippen LogP contribution in [0.4, 0.5) is 4.39 Å². The standard InChI is InChI=1S/C14H18FNO3S/c1-2-7-20-9-13(17)16-8-12(14(18)19)10-3-5-11(15)6-4-10/h3-6,12H,2,7-9H2,1H3,(H,16,17)(H,18,19). The number of nitrogens with one attached hydrogen (secondary N) is 1. The molecule has 4 nitrogen and oxygen atoms in total. The summed E-state index contributed by atoms with van der Waals surface area (Å²) in [6.45, 7) is 2.03. The molecule has 0 saturated heterocycles. The van der Waals surface area contributed by atoms with E-state index < -0.39 is 17.7 Å². The van der Waals surface area contributed by atoms with Gasteiger partial charge in [-0.15, -0.1) is 0 Å². The highest BCUT2D eigenvalue weighted by molar-refractivity contribution is 7.99. The summed E-state index contributed by atoms with van der Waals surface area (Å²) in [6.07, 6.45) is 0.991. The molecule has 1 rings (SSSR count). The molecule has 110 valence electrons. The lowest BCUT2D eigenvalue weighted by Crippen LogP contribution is -2.32. The Morgan fingerprint density at radius 1 is 1.35 bits per heavy atom. The molecule has 0 aliphatic carbocycles. The number of amides is 1. The summed E-state index contributed by atoms with van der Waals surface area (Å²) in [5.41, 5.74) is 0.473. The second kappa shape index (κ2) is 8.58. The molecule has 0 radical (unpaired) electrons. The molecule has 6 heteroatoms. The number of carbonyl (C=O) groups is 2. The molecule has 1 amide bonds. The Balaban J connectivity index is 2.54. The molecule has 0 aliphatic rings. The highest BCUT2D eigenvalue weighted by atomic mass is 32.2. The normalized spacial score (nSPS) is 11.9. The molecule has 1 atom stereocenters. The van der Waals surface area contributed by atoms with Gasteiger partial charge in [0.15, 0.2) is 0 Å². The van der Waals surface area contributed by atoms with Gasteiger partial charge in [-0.1, -0.05) is 19.1 Å². The first-order chi connectivity index (χ1) is 9.54. The van der Waals surface area contributed by atoms with Crippen molar-refractivity contribution >= 4 is 23.6 Å². The Hall–Kier alpha value is -1.56. The Morgan fingerprint density at radius 3 is 2.55 bits per heavy atom. The lowest BCUT2D eigenvalue weighted by molar-refractivity contribution is -0.138. The number of thioether (sulfide) groups is 1. The SMILES string of the molecule is CCCSCC(=O)NCC(C(=O)O)c1ccc(F)cc1. The van der Waals surface area contributed by atoms with E-state index in [4.69, 9.17) is 0 Å². The third kappa shape index (κ3) is 5.61. The van der Waals surface area contributed by atoms with Crippen LogP contribution in [0.15, 0.2) is 24.3 Å². The van der Waals surface area contributed by atoms with E-state index in [0.717, 1.165) is 12.2 Å². The van der Waals surface area contributed by atoms with Gasteiger partial charge in [-0.3, -0.25) is 9.59 Å². The quantitative estimate of drug-likeness (QED) is 0.723. The molecule has 1 aromatic carbocycles. The summed E-state index contributed by atoms with van der Waals surface area (Å²) >= 11 is 1.51. The van der Waals surface area contributed by atoms with Crippen molar-refractivity contribution in [3.8, 4) is 0 Å². The zero-order chi connectivity index (χ0) is 15.0. The lowest BCUT2D eigenvalue weighted by Gasteiger charge is -2.13. The number of rotatable bonds is 8. The summed E-state index contributed by atoms with van der Waals surface area (Å²) in [4.78, 5) is 22.8. The van der Waals surface area contributed by atoms with Crippen LogP contribution in [0, 0.1) is 5.82 Å². The Labute approximate surface area is 121 Å². The fourth-order valence-electron chi connectivity index (χ4n) is 1.62. The van der Waals surface area contributed by atoms with Crippen molar-refractivity contribution in [1.29, 1.82) is 0 Å². The van der Waals surface area contributed by atoms with E-state index in [1.165, 1.54) is 36.0 Å². The van der Waals surface area contributed by atoms with Gasteiger partial charge in [0, 0.05) is 6.54 Å². The van der Waals surface area contributed by atoms with Gasteiger partial charge in [-0.2, -0.15) is 11.8 Å². The van der Waals surface area contributed by atoms with E-state index in [-0.39, 0.29) is 12.5 Å². The van der Waals surface area contributed by atoms with Crippen LogP contribution in [-0.2, 0) is 9.59 Å². The number of aliphatic carboxylic acids is 1. The molecule has 0 saturated carbocycles. The van der Waals surface area contributed by atoms with Crippen LogP contribution < -0.4 is 5.32 Å². The Morgan fingerprint density at radius 2 is 2.00 bits per heavy atom. The van der Waals surface area contributed by atoms with E-state index in [9.17, 15) is 19.1 Å². The van der Waals surface area contributed by atoms with Crippen LogP contribution in [0.1, 0.15) is 24.8 Å². The van der Waals surface area contributed by atoms with Crippen molar-refractivity contribution in [3.63, 3.8) is 0 Å². The van der Waals surface area contributed by atoms with Gasteiger partial charge >= 0.3 is 5.97 Å². The summed E-state index contributed by atoms with van der Waals surface area (Å²) in [6, 6.07) is 5.27. The molecule has 2 N–H and O–H groups in total. The minimum atomic E-state index is -1.04. The first kappa shape index (κ1) is 16.5. The summed E-state index contributed by atoms with van der Waals surface area (Å²) < 4.78 is 12.8. The van der Waals surface area contributed by atoms with Crippen LogP contribution in [-0.4, -0.2) is 35.0 Å². The van der Waals surface area contributed by atoms with Crippen molar-refractivity contribution in [2.24, 2.45) is 0 Å². The van der Waals surface area contributed by atoms with Crippen LogP contribution in [0.25, 0.3) is 0 Å². The van der Waals surface area contributed by atoms with Crippen LogP contribution in [0.2, 0.25) is 0 Å². The van der Waals surface area contributed by atoms with Gasteiger partial charge in [0.25, 0.3) is 0 Å². The average Bonchev–Trinajstić information content (AvgIpc) is 2.41.